The lowest BCUT2D eigenvalue weighted by molar-refractivity contribution is 0.0784. The fourth-order valence-corrected chi connectivity index (χ4v) is 5.30. The summed E-state index contributed by atoms with van der Waals surface area (Å²) in [7, 11) is 0. The fourth-order valence-electron chi connectivity index (χ4n) is 5.01. The van der Waals surface area contributed by atoms with Crippen molar-refractivity contribution < 1.29 is 22.7 Å². The standard InChI is InChI=1S/C28H28ClF4N7O/c1-15-11-40(16(2)10-36-15)28-17-9-18(29)24(25-19(30)5-3-6-20(25)41)26(33)27(17)37-23(38-28)14-39(12-21(31)32)13-22-34-7-4-8-35-22/h3-9,15-16,21,36,41H,10-14H2,1-2H3/t15-,16+/m1/s1. The largest absolute Gasteiger partial charge is 0.507 e. The summed E-state index contributed by atoms with van der Waals surface area (Å²) in [6, 6.07) is 6.71. The number of fused-ring (bicyclic) bond motifs is 1. The van der Waals surface area contributed by atoms with Crippen LogP contribution >= 0.6 is 11.6 Å². The Hall–Kier alpha value is -3.61. The van der Waals surface area contributed by atoms with Gasteiger partial charge in [-0.15, -0.1) is 0 Å². The van der Waals surface area contributed by atoms with Crippen LogP contribution in [0.5, 0.6) is 5.75 Å². The van der Waals surface area contributed by atoms with Crippen molar-refractivity contribution in [3.05, 3.63) is 71.0 Å². The van der Waals surface area contributed by atoms with Crippen molar-refractivity contribution in [2.45, 2.75) is 45.4 Å². The van der Waals surface area contributed by atoms with Gasteiger partial charge in [-0.2, -0.15) is 0 Å². The summed E-state index contributed by atoms with van der Waals surface area (Å²) in [5, 5.41) is 13.9. The van der Waals surface area contributed by atoms with Crippen molar-refractivity contribution in [1.29, 1.82) is 0 Å². The molecule has 2 N–H and O–H groups in total. The minimum atomic E-state index is -2.67. The van der Waals surface area contributed by atoms with Crippen LogP contribution in [-0.4, -0.2) is 68.1 Å². The van der Waals surface area contributed by atoms with Gasteiger partial charge in [0.15, 0.2) is 5.82 Å². The van der Waals surface area contributed by atoms with E-state index >= 15 is 4.39 Å². The minimum absolute atomic E-state index is 0.0135. The van der Waals surface area contributed by atoms with E-state index in [2.05, 4.69) is 20.3 Å². The van der Waals surface area contributed by atoms with Crippen LogP contribution in [0.2, 0.25) is 5.02 Å². The minimum Gasteiger partial charge on any atom is -0.507 e. The normalized spacial score (nSPS) is 17.6. The molecule has 0 saturated carbocycles. The van der Waals surface area contributed by atoms with E-state index in [1.807, 2.05) is 18.7 Å². The van der Waals surface area contributed by atoms with Crippen LogP contribution in [0.3, 0.4) is 0 Å². The summed E-state index contributed by atoms with van der Waals surface area (Å²) >= 11 is 6.52. The molecular weight excluding hydrogens is 562 g/mol. The average molecular weight is 590 g/mol. The van der Waals surface area contributed by atoms with Crippen molar-refractivity contribution in [1.82, 2.24) is 30.2 Å². The number of hydrogen-bond acceptors (Lipinski definition) is 8. The van der Waals surface area contributed by atoms with Crippen molar-refractivity contribution in [3.8, 4) is 16.9 Å². The molecule has 0 bridgehead atoms. The van der Waals surface area contributed by atoms with Gasteiger partial charge in [-0.25, -0.2) is 37.5 Å². The van der Waals surface area contributed by atoms with E-state index in [9.17, 15) is 18.3 Å². The summed E-state index contributed by atoms with van der Waals surface area (Å²) < 4.78 is 58.3. The molecule has 0 amide bonds. The Labute approximate surface area is 239 Å². The predicted octanol–water partition coefficient (Wildman–Crippen LogP) is 5.18. The van der Waals surface area contributed by atoms with E-state index in [0.29, 0.717) is 24.7 Å². The molecule has 13 heteroatoms. The lowest BCUT2D eigenvalue weighted by Crippen LogP contribution is -2.54. The number of hydrogen-bond donors (Lipinski definition) is 2. The van der Waals surface area contributed by atoms with Crippen molar-refractivity contribution in [2.24, 2.45) is 0 Å². The first-order valence-electron chi connectivity index (χ1n) is 13.0. The first kappa shape index (κ1) is 28.9. The van der Waals surface area contributed by atoms with Crippen LogP contribution in [0.1, 0.15) is 25.5 Å². The topological polar surface area (TPSA) is 90.3 Å². The molecule has 8 nitrogen and oxygen atoms in total. The quantitative estimate of drug-likeness (QED) is 0.272. The van der Waals surface area contributed by atoms with Gasteiger partial charge >= 0.3 is 0 Å². The van der Waals surface area contributed by atoms with Crippen LogP contribution in [0.15, 0.2) is 42.7 Å². The summed E-state index contributed by atoms with van der Waals surface area (Å²) in [5.74, 6) is -1.53. The molecule has 1 fully saturated rings. The molecule has 0 spiro atoms. The first-order valence-corrected chi connectivity index (χ1v) is 13.4. The molecule has 41 heavy (non-hydrogen) atoms. The van der Waals surface area contributed by atoms with Gasteiger partial charge in [0, 0.05) is 48.5 Å². The van der Waals surface area contributed by atoms with Crippen LogP contribution in [0, 0.1) is 11.6 Å². The Kier molecular flexibility index (Phi) is 8.52. The van der Waals surface area contributed by atoms with Crippen molar-refractivity contribution in [2.75, 3.05) is 24.5 Å². The molecular formula is C28H28ClF4N7O. The Balaban J connectivity index is 1.68. The Morgan fingerprint density at radius 2 is 1.80 bits per heavy atom. The number of phenols is 1. The molecule has 216 valence electrons. The maximum absolute atomic E-state index is 16.3. The molecule has 2 aromatic heterocycles. The van der Waals surface area contributed by atoms with Crippen LogP contribution in [0.4, 0.5) is 23.4 Å². The average Bonchev–Trinajstić information content (AvgIpc) is 2.92. The van der Waals surface area contributed by atoms with Gasteiger partial charge in [-0.1, -0.05) is 17.7 Å². The van der Waals surface area contributed by atoms with Crippen molar-refractivity contribution >= 4 is 28.3 Å². The third-order valence-corrected chi connectivity index (χ3v) is 7.23. The number of nitrogens with zero attached hydrogens (tertiary/aromatic N) is 6. The second-order valence-electron chi connectivity index (χ2n) is 10.1. The molecule has 5 rings (SSSR count). The number of rotatable bonds is 8. The third-order valence-electron chi connectivity index (χ3n) is 6.93. The van der Waals surface area contributed by atoms with Crippen LogP contribution in [0.25, 0.3) is 22.0 Å². The van der Waals surface area contributed by atoms with Crippen molar-refractivity contribution in [3.63, 3.8) is 0 Å². The SMILES string of the molecule is C[C@@H]1CN(c2nc(CN(Cc3ncccn3)CC(F)F)nc3c(F)c(-c4c(O)cccc4F)c(Cl)cc23)[C@@H](C)CN1. The zero-order chi connectivity index (χ0) is 29.3. The fraction of sp³-hybridized carbons (Fsp3) is 0.357. The summed E-state index contributed by atoms with van der Waals surface area (Å²) in [6.45, 7) is 4.34. The van der Waals surface area contributed by atoms with Crippen LogP contribution < -0.4 is 10.2 Å². The summed E-state index contributed by atoms with van der Waals surface area (Å²) in [5.41, 5.74) is -0.920. The monoisotopic (exact) mass is 589 g/mol. The van der Waals surface area contributed by atoms with E-state index in [4.69, 9.17) is 16.6 Å². The molecule has 1 saturated heterocycles. The maximum Gasteiger partial charge on any atom is 0.251 e. The van der Waals surface area contributed by atoms with Gasteiger partial charge in [0.25, 0.3) is 6.43 Å². The van der Waals surface area contributed by atoms with E-state index in [-0.39, 0.29) is 52.5 Å². The molecule has 4 aromatic rings. The highest BCUT2D eigenvalue weighted by Gasteiger charge is 2.29. The Bertz CT molecular complexity index is 1530. The first-order chi connectivity index (χ1) is 19.6. The number of alkyl halides is 2. The summed E-state index contributed by atoms with van der Waals surface area (Å²) in [4.78, 5) is 20.8. The lowest BCUT2D eigenvalue weighted by atomic mass is 10.0. The molecule has 3 heterocycles. The zero-order valence-corrected chi connectivity index (χ0v) is 23.1. The second kappa shape index (κ2) is 12.1. The predicted molar refractivity (Wildman–Crippen MR) is 148 cm³/mol. The number of phenolic OH excluding ortho intramolecular Hbond substituents is 1. The van der Waals surface area contributed by atoms with E-state index in [1.165, 1.54) is 35.5 Å². The number of piperazine rings is 1. The van der Waals surface area contributed by atoms with Gasteiger partial charge in [-0.3, -0.25) is 4.90 Å². The molecule has 0 aliphatic carbocycles. The smallest absolute Gasteiger partial charge is 0.251 e. The molecule has 2 aromatic carbocycles. The number of anilines is 1. The van der Waals surface area contributed by atoms with Gasteiger partial charge in [-0.05, 0) is 38.1 Å². The van der Waals surface area contributed by atoms with E-state index in [1.54, 1.807) is 6.07 Å². The lowest BCUT2D eigenvalue weighted by Gasteiger charge is -2.39. The van der Waals surface area contributed by atoms with Crippen LogP contribution in [-0.2, 0) is 13.1 Å². The Morgan fingerprint density at radius 3 is 2.51 bits per heavy atom. The van der Waals surface area contributed by atoms with Gasteiger partial charge in [0.05, 0.1) is 30.2 Å². The summed E-state index contributed by atoms with van der Waals surface area (Å²) in [6.07, 6.45) is 0.359. The van der Waals surface area contributed by atoms with Gasteiger partial charge in [0.2, 0.25) is 0 Å². The molecule has 2 atom stereocenters. The Morgan fingerprint density at radius 1 is 1.07 bits per heavy atom. The third kappa shape index (κ3) is 6.19. The van der Waals surface area contributed by atoms with Gasteiger partial charge < -0.3 is 15.3 Å². The molecule has 1 aliphatic rings. The van der Waals surface area contributed by atoms with Gasteiger partial charge in [0.1, 0.15) is 34.6 Å². The van der Waals surface area contributed by atoms with E-state index in [0.717, 1.165) is 6.07 Å². The molecule has 0 unspecified atom stereocenters. The number of halogens is 5. The maximum atomic E-state index is 16.3. The second-order valence-corrected chi connectivity index (χ2v) is 10.5. The number of aromatic hydroxyl groups is 1. The molecule has 0 radical (unpaired) electrons. The highest BCUT2D eigenvalue weighted by Crippen LogP contribution is 2.42. The highest BCUT2D eigenvalue weighted by atomic mass is 35.5. The zero-order valence-electron chi connectivity index (χ0n) is 22.3. The van der Waals surface area contributed by atoms with E-state index < -0.39 is 35.9 Å². The molecule has 1 aliphatic heterocycles. The number of aromatic nitrogens is 4. The highest BCUT2D eigenvalue weighted by molar-refractivity contribution is 6.34. The number of nitrogens with one attached hydrogen (secondary N) is 1. The number of benzene rings is 2.